The largest absolute Gasteiger partial charge is 0.437 e. The third kappa shape index (κ3) is 2.58. The quantitative estimate of drug-likeness (QED) is 0.777. The maximum atomic E-state index is 12.9. The lowest BCUT2D eigenvalue weighted by molar-refractivity contribution is -0.135. The van der Waals surface area contributed by atoms with Crippen LogP contribution in [0.2, 0.25) is 6.82 Å². The molecule has 0 aromatic carbocycles. The van der Waals surface area contributed by atoms with Crippen molar-refractivity contribution in [3.8, 4) is 6.07 Å². The lowest BCUT2D eigenvalue weighted by atomic mass is 9.79. The van der Waals surface area contributed by atoms with E-state index in [0.717, 1.165) is 25.7 Å². The number of amides is 1. The number of likely N-dealkylation sites (tertiary alicyclic amines) is 1. The Hall–Kier alpha value is -1.06. The first-order chi connectivity index (χ1) is 10.1. The summed E-state index contributed by atoms with van der Waals surface area (Å²) in [6, 6.07) is 2.10. The molecule has 0 aromatic rings. The maximum absolute atomic E-state index is 12.9. The highest BCUT2D eigenvalue weighted by molar-refractivity contribution is 6.46. The van der Waals surface area contributed by atoms with Gasteiger partial charge in [-0.25, -0.2) is 0 Å². The Morgan fingerprint density at radius 3 is 2.76 bits per heavy atom. The number of carbonyl (C=O) groups excluding carboxylic acids is 1. The Morgan fingerprint density at radius 2 is 2.05 bits per heavy atom. The van der Waals surface area contributed by atoms with Crippen LogP contribution >= 0.6 is 0 Å². The van der Waals surface area contributed by atoms with E-state index in [-0.39, 0.29) is 18.0 Å². The Bertz CT molecular complexity index is 451. The number of hydrogen-bond acceptors (Lipinski definition) is 4. The molecule has 2 aliphatic heterocycles. The smallest absolute Gasteiger partial charge is 0.377 e. The van der Waals surface area contributed by atoms with Crippen LogP contribution in [0.3, 0.4) is 0 Å². The Labute approximate surface area is 127 Å². The third-order valence-corrected chi connectivity index (χ3v) is 5.54. The van der Waals surface area contributed by atoms with E-state index in [9.17, 15) is 15.1 Å². The molecule has 2 unspecified atom stereocenters. The molecular weight excluding hydrogens is 265 g/mol. The van der Waals surface area contributed by atoms with Gasteiger partial charge in [0.2, 0.25) is 5.91 Å². The van der Waals surface area contributed by atoms with Gasteiger partial charge in [0.25, 0.3) is 0 Å². The van der Waals surface area contributed by atoms with Gasteiger partial charge in [-0.1, -0.05) is 12.8 Å². The van der Waals surface area contributed by atoms with Crippen LogP contribution in [0.4, 0.5) is 0 Å². The molecule has 0 bridgehead atoms. The second-order valence-corrected chi connectivity index (χ2v) is 6.76. The maximum Gasteiger partial charge on any atom is 0.377 e. The fraction of sp³-hybridized carbons (Fsp3) is 0.867. The summed E-state index contributed by atoms with van der Waals surface area (Å²) in [5, 5.41) is 19.4. The summed E-state index contributed by atoms with van der Waals surface area (Å²) in [5.41, 5.74) is 0. The minimum Gasteiger partial charge on any atom is -0.437 e. The first-order valence-electron chi connectivity index (χ1n) is 8.29. The molecule has 21 heavy (non-hydrogen) atoms. The van der Waals surface area contributed by atoms with Crippen molar-refractivity contribution >= 4 is 13.0 Å². The summed E-state index contributed by atoms with van der Waals surface area (Å²) in [6.07, 6.45) is 7.23. The van der Waals surface area contributed by atoms with Gasteiger partial charge in [0.1, 0.15) is 6.04 Å². The predicted molar refractivity (Wildman–Crippen MR) is 80.2 cm³/mol. The monoisotopic (exact) mass is 289 g/mol. The average Bonchev–Trinajstić information content (AvgIpc) is 3.10. The van der Waals surface area contributed by atoms with Crippen molar-refractivity contribution in [1.29, 1.82) is 5.26 Å². The highest BCUT2D eigenvalue weighted by atomic mass is 16.2. The van der Waals surface area contributed by atoms with Crippen LogP contribution in [-0.4, -0.2) is 52.4 Å². The Kier molecular flexibility index (Phi) is 4.23. The third-order valence-electron chi connectivity index (χ3n) is 5.54. The molecule has 5 nitrogen and oxygen atoms in total. The van der Waals surface area contributed by atoms with Gasteiger partial charge >= 0.3 is 7.05 Å². The van der Waals surface area contributed by atoms with Crippen molar-refractivity contribution in [2.75, 3.05) is 6.54 Å². The molecule has 2 heterocycles. The van der Waals surface area contributed by atoms with E-state index in [2.05, 4.69) is 6.07 Å². The number of carbonyl (C=O) groups is 1. The number of fused-ring (bicyclic) bond motifs is 1. The molecule has 6 heteroatoms. The molecule has 1 aliphatic carbocycles. The second kappa shape index (κ2) is 5.98. The second-order valence-electron chi connectivity index (χ2n) is 6.76. The van der Waals surface area contributed by atoms with Gasteiger partial charge in [0.05, 0.1) is 12.1 Å². The highest BCUT2D eigenvalue weighted by Crippen LogP contribution is 2.41. The summed E-state index contributed by atoms with van der Waals surface area (Å²) in [7, 11) is -0.588. The van der Waals surface area contributed by atoms with Gasteiger partial charge in [-0.2, -0.15) is 5.26 Å². The normalized spacial score (nSPS) is 36.3. The van der Waals surface area contributed by atoms with Crippen LogP contribution in [-0.2, 0) is 4.79 Å². The number of rotatable bonds is 2. The summed E-state index contributed by atoms with van der Waals surface area (Å²) < 4.78 is 0. The van der Waals surface area contributed by atoms with E-state index >= 15 is 0 Å². The molecule has 114 valence electrons. The molecule has 0 aromatic heterocycles. The number of hydrogen-bond donors (Lipinski definition) is 1. The lowest BCUT2D eigenvalue weighted by Gasteiger charge is -2.35. The molecular formula is C15H24BN3O2. The molecule has 3 fully saturated rings. The molecule has 1 amide bonds. The summed E-state index contributed by atoms with van der Waals surface area (Å²) in [6.45, 7) is 2.46. The number of nitriles is 1. The summed E-state index contributed by atoms with van der Waals surface area (Å²) >= 11 is 0. The highest BCUT2D eigenvalue weighted by Gasteiger charge is 2.49. The van der Waals surface area contributed by atoms with Crippen molar-refractivity contribution < 1.29 is 9.82 Å². The lowest BCUT2D eigenvalue weighted by Crippen LogP contribution is -2.54. The van der Waals surface area contributed by atoms with Crippen molar-refractivity contribution in [2.45, 2.75) is 69.9 Å². The van der Waals surface area contributed by atoms with Gasteiger partial charge in [0, 0.05) is 12.6 Å². The molecule has 0 spiro atoms. The average molecular weight is 289 g/mol. The molecule has 1 saturated carbocycles. The minimum absolute atomic E-state index is 0.0642. The first kappa shape index (κ1) is 14.9. The van der Waals surface area contributed by atoms with E-state index in [1.807, 2.05) is 4.81 Å². The van der Waals surface area contributed by atoms with E-state index in [1.165, 1.54) is 19.3 Å². The van der Waals surface area contributed by atoms with E-state index in [1.54, 1.807) is 11.7 Å². The van der Waals surface area contributed by atoms with Crippen LogP contribution in [0.15, 0.2) is 0 Å². The summed E-state index contributed by atoms with van der Waals surface area (Å²) in [4.78, 5) is 16.7. The SMILES string of the molecule is CB(O)N1C2CCCCC2C[C@H]1C(=O)N1CCC[C@H]1C#N. The Balaban J connectivity index is 1.79. The number of nitrogens with zero attached hydrogens (tertiary/aromatic N) is 3. The van der Waals surface area contributed by atoms with Crippen LogP contribution in [0, 0.1) is 17.2 Å². The molecule has 3 aliphatic rings. The molecule has 2 saturated heterocycles. The molecule has 0 radical (unpaired) electrons. The Morgan fingerprint density at radius 1 is 1.29 bits per heavy atom. The van der Waals surface area contributed by atoms with Crippen molar-refractivity contribution in [2.24, 2.45) is 5.92 Å². The van der Waals surface area contributed by atoms with E-state index in [0.29, 0.717) is 18.5 Å². The van der Waals surface area contributed by atoms with E-state index in [4.69, 9.17) is 0 Å². The fourth-order valence-corrected chi connectivity index (χ4v) is 4.62. The predicted octanol–water partition coefficient (Wildman–Crippen LogP) is 1.24. The first-order valence-corrected chi connectivity index (χ1v) is 8.29. The van der Waals surface area contributed by atoms with Crippen LogP contribution < -0.4 is 0 Å². The molecule has 1 N–H and O–H groups in total. The van der Waals surface area contributed by atoms with Crippen LogP contribution in [0.25, 0.3) is 0 Å². The summed E-state index contributed by atoms with van der Waals surface area (Å²) in [5.74, 6) is 0.597. The van der Waals surface area contributed by atoms with Gasteiger partial charge in [-0.05, 0) is 44.8 Å². The topological polar surface area (TPSA) is 67.6 Å². The zero-order valence-electron chi connectivity index (χ0n) is 12.7. The minimum atomic E-state index is -0.588. The van der Waals surface area contributed by atoms with Gasteiger partial charge in [-0.3, -0.25) is 4.79 Å². The zero-order valence-corrected chi connectivity index (χ0v) is 12.7. The van der Waals surface area contributed by atoms with Gasteiger partial charge in [-0.15, -0.1) is 0 Å². The van der Waals surface area contributed by atoms with E-state index < -0.39 is 7.05 Å². The zero-order chi connectivity index (χ0) is 15.0. The van der Waals surface area contributed by atoms with Crippen molar-refractivity contribution in [3.05, 3.63) is 0 Å². The fourth-order valence-electron chi connectivity index (χ4n) is 4.62. The molecule has 3 rings (SSSR count). The van der Waals surface area contributed by atoms with Crippen LogP contribution in [0.1, 0.15) is 44.9 Å². The van der Waals surface area contributed by atoms with Gasteiger partial charge < -0.3 is 14.7 Å². The van der Waals surface area contributed by atoms with Crippen molar-refractivity contribution in [1.82, 2.24) is 9.71 Å². The van der Waals surface area contributed by atoms with Crippen LogP contribution in [0.5, 0.6) is 0 Å². The standard InChI is InChI=1S/C15H24BN3O2/c1-16(21)19-13-7-3-2-5-11(13)9-14(19)15(20)18-8-4-6-12(18)10-17/h11-14,21H,2-9H2,1H3/t11?,12-,13?,14-/m0/s1. The van der Waals surface area contributed by atoms with Gasteiger partial charge in [0.15, 0.2) is 0 Å². The molecule has 4 atom stereocenters. The van der Waals surface area contributed by atoms with Crippen molar-refractivity contribution in [3.63, 3.8) is 0 Å².